The van der Waals surface area contributed by atoms with Crippen LogP contribution in [0.15, 0.2) is 9.59 Å². The smallest absolute Gasteiger partial charge is 0.332 e. The number of hydrogen-bond donors (Lipinski definition) is 1. The fourth-order valence-corrected chi connectivity index (χ4v) is 4.77. The van der Waals surface area contributed by atoms with Crippen LogP contribution in [0.5, 0.6) is 0 Å². The fourth-order valence-electron chi connectivity index (χ4n) is 4.77. The van der Waals surface area contributed by atoms with E-state index in [-0.39, 0.29) is 17.8 Å². The summed E-state index contributed by atoms with van der Waals surface area (Å²) in [6.07, 6.45) is 2.07. The van der Waals surface area contributed by atoms with Crippen molar-refractivity contribution in [2.24, 2.45) is 18.9 Å². The first-order valence-electron chi connectivity index (χ1n) is 11.2. The number of nitrogens with zero attached hydrogens (tertiary/aromatic N) is 5. The number of imidazole rings is 1. The van der Waals surface area contributed by atoms with Crippen LogP contribution in [-0.4, -0.2) is 57.6 Å². The molecule has 166 valence electrons. The Morgan fingerprint density at radius 3 is 2.73 bits per heavy atom. The molecule has 4 rings (SSSR count). The molecule has 0 amide bonds. The largest absolute Gasteiger partial charge is 0.380 e. The zero-order chi connectivity index (χ0) is 21.4. The van der Waals surface area contributed by atoms with Crippen LogP contribution in [0.3, 0.4) is 0 Å². The maximum Gasteiger partial charge on any atom is 0.332 e. The van der Waals surface area contributed by atoms with Gasteiger partial charge in [-0.1, -0.05) is 13.8 Å². The van der Waals surface area contributed by atoms with Gasteiger partial charge in [0, 0.05) is 45.9 Å². The average Bonchev–Trinajstić information content (AvgIpc) is 3.41. The Morgan fingerprint density at radius 2 is 2.00 bits per heavy atom. The van der Waals surface area contributed by atoms with Crippen molar-refractivity contribution < 1.29 is 4.74 Å². The molecule has 9 nitrogen and oxygen atoms in total. The molecule has 30 heavy (non-hydrogen) atoms. The number of aryl methyl sites for hydroxylation is 2. The predicted molar refractivity (Wildman–Crippen MR) is 117 cm³/mol. The summed E-state index contributed by atoms with van der Waals surface area (Å²) in [5.74, 6) is 1.95. The van der Waals surface area contributed by atoms with Gasteiger partial charge >= 0.3 is 5.69 Å². The van der Waals surface area contributed by atoms with Crippen molar-refractivity contribution >= 4 is 17.1 Å². The first kappa shape index (κ1) is 21.1. The van der Waals surface area contributed by atoms with Crippen LogP contribution in [0.2, 0.25) is 0 Å². The molecule has 2 aromatic rings. The van der Waals surface area contributed by atoms with E-state index >= 15 is 0 Å². The number of ether oxygens (including phenoxy) is 1. The van der Waals surface area contributed by atoms with Crippen molar-refractivity contribution in [3.05, 3.63) is 20.8 Å². The molecule has 2 aromatic heterocycles. The Balaban J connectivity index is 1.86. The number of nitrogens with one attached hydrogen (secondary N) is 1. The minimum Gasteiger partial charge on any atom is -0.380 e. The van der Waals surface area contributed by atoms with E-state index in [0.717, 1.165) is 38.4 Å². The monoisotopic (exact) mass is 418 g/mol. The zero-order valence-corrected chi connectivity index (χ0v) is 18.6. The van der Waals surface area contributed by atoms with E-state index in [0.29, 0.717) is 48.8 Å². The fraction of sp³-hybridized carbons (Fsp3) is 0.762. The summed E-state index contributed by atoms with van der Waals surface area (Å²) in [6, 6.07) is 0.400. The van der Waals surface area contributed by atoms with Gasteiger partial charge in [-0.15, -0.1) is 0 Å². The van der Waals surface area contributed by atoms with Crippen LogP contribution >= 0.6 is 0 Å². The molecule has 0 saturated carbocycles. The Labute approximate surface area is 176 Å². The highest BCUT2D eigenvalue weighted by atomic mass is 16.5. The Hall–Kier alpha value is -2.13. The summed E-state index contributed by atoms with van der Waals surface area (Å²) in [5, 5.41) is 3.48. The minimum atomic E-state index is -0.339. The number of anilines is 1. The Bertz CT molecular complexity index is 1020. The third kappa shape index (κ3) is 3.58. The number of aromatic nitrogens is 4. The van der Waals surface area contributed by atoms with E-state index in [1.807, 2.05) is 6.92 Å². The van der Waals surface area contributed by atoms with Gasteiger partial charge in [-0.05, 0) is 31.6 Å². The summed E-state index contributed by atoms with van der Waals surface area (Å²) < 4.78 is 10.3. The quantitative estimate of drug-likeness (QED) is 0.638. The molecular formula is C21H34N6O3. The van der Waals surface area contributed by atoms with Crippen LogP contribution in [0, 0.1) is 11.8 Å². The third-order valence-corrected chi connectivity index (χ3v) is 6.51. The van der Waals surface area contributed by atoms with Gasteiger partial charge in [0.15, 0.2) is 11.2 Å². The van der Waals surface area contributed by atoms with E-state index < -0.39 is 0 Å². The predicted octanol–water partition coefficient (Wildman–Crippen LogP) is 0.777. The van der Waals surface area contributed by atoms with Crippen molar-refractivity contribution in [1.29, 1.82) is 0 Å². The molecule has 2 atom stereocenters. The molecule has 0 aromatic carbocycles. The number of rotatable bonds is 8. The van der Waals surface area contributed by atoms with E-state index in [1.54, 1.807) is 7.05 Å². The highest BCUT2D eigenvalue weighted by Crippen LogP contribution is 2.33. The molecule has 2 aliphatic rings. The van der Waals surface area contributed by atoms with Gasteiger partial charge in [0.2, 0.25) is 5.95 Å². The average molecular weight is 419 g/mol. The standard InChI is InChI=1S/C21H34N6O3/c1-5-30-11-10-27-19(28)17-18(24(4)21(27)29)23-20(26(17)8-6-14(2)3)25-9-7-15-12-22-13-16(15)25/h14-16,22H,5-13H2,1-4H3. The van der Waals surface area contributed by atoms with Crippen LogP contribution in [0.1, 0.15) is 33.6 Å². The van der Waals surface area contributed by atoms with Gasteiger partial charge in [0.1, 0.15) is 0 Å². The lowest BCUT2D eigenvalue weighted by Gasteiger charge is -2.25. The Morgan fingerprint density at radius 1 is 1.20 bits per heavy atom. The molecule has 0 spiro atoms. The maximum absolute atomic E-state index is 13.4. The highest BCUT2D eigenvalue weighted by molar-refractivity contribution is 5.74. The molecule has 1 N–H and O–H groups in total. The van der Waals surface area contributed by atoms with Crippen molar-refractivity contribution in [3.8, 4) is 0 Å². The zero-order valence-electron chi connectivity index (χ0n) is 18.6. The van der Waals surface area contributed by atoms with Gasteiger partial charge in [0.25, 0.3) is 5.56 Å². The molecular weight excluding hydrogens is 384 g/mol. The summed E-state index contributed by atoms with van der Waals surface area (Å²) >= 11 is 0. The van der Waals surface area contributed by atoms with Crippen molar-refractivity contribution in [1.82, 2.24) is 24.0 Å². The highest BCUT2D eigenvalue weighted by Gasteiger charge is 2.40. The molecule has 2 saturated heterocycles. The van der Waals surface area contributed by atoms with Crippen molar-refractivity contribution in [2.75, 3.05) is 37.7 Å². The maximum atomic E-state index is 13.4. The molecule has 2 fully saturated rings. The molecule has 2 unspecified atom stereocenters. The SMILES string of the molecule is CCOCCn1c(=O)c2c(nc(N3CCC4CNCC43)n2CCC(C)C)n(C)c1=O. The lowest BCUT2D eigenvalue weighted by atomic mass is 10.1. The minimum absolute atomic E-state index is 0.248. The van der Waals surface area contributed by atoms with Gasteiger partial charge in [-0.2, -0.15) is 4.98 Å². The molecule has 2 aliphatic heterocycles. The van der Waals surface area contributed by atoms with E-state index in [4.69, 9.17) is 9.72 Å². The van der Waals surface area contributed by atoms with E-state index in [9.17, 15) is 9.59 Å². The van der Waals surface area contributed by atoms with Crippen LogP contribution in [-0.2, 0) is 24.9 Å². The summed E-state index contributed by atoms with van der Waals surface area (Å²) in [7, 11) is 1.70. The molecule has 0 radical (unpaired) electrons. The normalized spacial score (nSPS) is 21.3. The molecule has 0 aliphatic carbocycles. The molecule has 0 bridgehead atoms. The summed E-state index contributed by atoms with van der Waals surface area (Å²) in [5.41, 5.74) is 0.397. The number of hydrogen-bond acceptors (Lipinski definition) is 6. The summed E-state index contributed by atoms with van der Waals surface area (Å²) in [6.45, 7) is 11.0. The first-order chi connectivity index (χ1) is 14.4. The van der Waals surface area contributed by atoms with Crippen LogP contribution in [0.25, 0.3) is 11.2 Å². The first-order valence-corrected chi connectivity index (χ1v) is 11.2. The number of fused-ring (bicyclic) bond motifs is 2. The van der Waals surface area contributed by atoms with Gasteiger partial charge in [-0.3, -0.25) is 13.9 Å². The third-order valence-electron chi connectivity index (χ3n) is 6.51. The lowest BCUT2D eigenvalue weighted by molar-refractivity contribution is 0.137. The van der Waals surface area contributed by atoms with Crippen molar-refractivity contribution in [3.63, 3.8) is 0 Å². The van der Waals surface area contributed by atoms with Crippen LogP contribution in [0.4, 0.5) is 5.95 Å². The van der Waals surface area contributed by atoms with Crippen molar-refractivity contribution in [2.45, 2.75) is 52.7 Å². The molecule has 9 heteroatoms. The topological polar surface area (TPSA) is 86.3 Å². The second kappa shape index (κ2) is 8.55. The lowest BCUT2D eigenvalue weighted by Crippen LogP contribution is -2.40. The van der Waals surface area contributed by atoms with Gasteiger partial charge in [-0.25, -0.2) is 4.79 Å². The van der Waals surface area contributed by atoms with Gasteiger partial charge in [0.05, 0.1) is 13.2 Å². The van der Waals surface area contributed by atoms with Gasteiger partial charge < -0.3 is 19.5 Å². The second-order valence-corrected chi connectivity index (χ2v) is 8.88. The van der Waals surface area contributed by atoms with E-state index in [2.05, 4.69) is 28.6 Å². The van der Waals surface area contributed by atoms with Crippen LogP contribution < -0.4 is 21.5 Å². The Kier molecular flexibility index (Phi) is 6.02. The second-order valence-electron chi connectivity index (χ2n) is 8.88. The summed E-state index contributed by atoms with van der Waals surface area (Å²) in [4.78, 5) is 33.5. The molecule has 4 heterocycles. The van der Waals surface area contributed by atoms with E-state index in [1.165, 1.54) is 9.13 Å².